The van der Waals surface area contributed by atoms with Crippen molar-refractivity contribution >= 4 is 0 Å². The summed E-state index contributed by atoms with van der Waals surface area (Å²) in [5.41, 5.74) is 2.34. The maximum absolute atomic E-state index is 12.6. The number of rotatable bonds is 2. The molecule has 0 saturated carbocycles. The summed E-state index contributed by atoms with van der Waals surface area (Å²) in [6, 6.07) is 17.4. The summed E-state index contributed by atoms with van der Waals surface area (Å²) in [4.78, 5) is 0. The Morgan fingerprint density at radius 2 is 1.43 bits per heavy atom. The van der Waals surface area contributed by atoms with Crippen molar-refractivity contribution in [2.24, 2.45) is 0 Å². The van der Waals surface area contributed by atoms with Gasteiger partial charge in [0.1, 0.15) is 5.82 Å². The molecule has 0 unspecified atom stereocenters. The van der Waals surface area contributed by atoms with E-state index in [4.69, 9.17) is 0 Å². The van der Waals surface area contributed by atoms with Crippen LogP contribution in [-0.2, 0) is 6.42 Å². The van der Waals surface area contributed by atoms with Gasteiger partial charge in [-0.05, 0) is 35.7 Å². The maximum atomic E-state index is 12.6. The van der Waals surface area contributed by atoms with Gasteiger partial charge < -0.3 is 0 Å². The number of hydrogen-bond donors (Lipinski definition) is 0. The SMILES string of the molecule is Fc1ccc(Cc2cc[c]cc2)cc1. The highest BCUT2D eigenvalue weighted by Gasteiger charge is 1.95. The first-order valence-corrected chi connectivity index (χ1v) is 4.54. The monoisotopic (exact) mass is 185 g/mol. The van der Waals surface area contributed by atoms with Crippen molar-refractivity contribution in [3.05, 3.63) is 71.5 Å². The van der Waals surface area contributed by atoms with E-state index in [1.807, 2.05) is 36.4 Å². The van der Waals surface area contributed by atoms with Gasteiger partial charge in [0, 0.05) is 0 Å². The minimum Gasteiger partial charge on any atom is -0.207 e. The van der Waals surface area contributed by atoms with Crippen LogP contribution in [0.15, 0.2) is 48.5 Å². The van der Waals surface area contributed by atoms with Crippen LogP contribution in [0.5, 0.6) is 0 Å². The highest BCUT2D eigenvalue weighted by atomic mass is 19.1. The van der Waals surface area contributed by atoms with Gasteiger partial charge in [0.2, 0.25) is 0 Å². The topological polar surface area (TPSA) is 0 Å². The molecule has 0 spiro atoms. The zero-order valence-electron chi connectivity index (χ0n) is 7.70. The zero-order valence-corrected chi connectivity index (χ0v) is 7.70. The summed E-state index contributed by atoms with van der Waals surface area (Å²) < 4.78 is 12.6. The van der Waals surface area contributed by atoms with Gasteiger partial charge in [0.05, 0.1) is 0 Å². The zero-order chi connectivity index (χ0) is 9.80. The van der Waals surface area contributed by atoms with Gasteiger partial charge in [0.25, 0.3) is 0 Å². The Balaban J connectivity index is 2.16. The normalized spacial score (nSPS) is 10.1. The third-order valence-corrected chi connectivity index (χ3v) is 2.11. The molecule has 0 fully saturated rings. The molecule has 2 rings (SSSR count). The Bertz CT molecular complexity index is 389. The maximum Gasteiger partial charge on any atom is 0.123 e. The smallest absolute Gasteiger partial charge is 0.123 e. The van der Waals surface area contributed by atoms with E-state index < -0.39 is 0 Å². The van der Waals surface area contributed by atoms with Crippen LogP contribution < -0.4 is 0 Å². The summed E-state index contributed by atoms with van der Waals surface area (Å²) in [5, 5.41) is 0. The van der Waals surface area contributed by atoms with Crippen molar-refractivity contribution < 1.29 is 4.39 Å². The average molecular weight is 185 g/mol. The molecule has 0 saturated heterocycles. The van der Waals surface area contributed by atoms with Gasteiger partial charge in [0.15, 0.2) is 0 Å². The van der Waals surface area contributed by atoms with Crippen molar-refractivity contribution in [2.45, 2.75) is 6.42 Å². The molecular weight excluding hydrogens is 175 g/mol. The fourth-order valence-electron chi connectivity index (χ4n) is 1.38. The second-order valence-corrected chi connectivity index (χ2v) is 3.21. The number of hydrogen-bond acceptors (Lipinski definition) is 0. The van der Waals surface area contributed by atoms with Crippen molar-refractivity contribution in [3.8, 4) is 0 Å². The fraction of sp³-hybridized carbons (Fsp3) is 0.0769. The van der Waals surface area contributed by atoms with Crippen molar-refractivity contribution in [1.82, 2.24) is 0 Å². The van der Waals surface area contributed by atoms with Gasteiger partial charge in [-0.2, -0.15) is 0 Å². The molecule has 0 aliphatic rings. The lowest BCUT2D eigenvalue weighted by Crippen LogP contribution is -1.87. The molecule has 14 heavy (non-hydrogen) atoms. The molecule has 2 aromatic rings. The highest BCUT2D eigenvalue weighted by Crippen LogP contribution is 2.09. The molecule has 0 heterocycles. The summed E-state index contributed by atoms with van der Waals surface area (Å²) in [7, 11) is 0. The Labute approximate surface area is 83.0 Å². The van der Waals surface area contributed by atoms with E-state index in [9.17, 15) is 4.39 Å². The van der Waals surface area contributed by atoms with Gasteiger partial charge in [-0.25, -0.2) is 4.39 Å². The molecule has 1 heteroatoms. The lowest BCUT2D eigenvalue weighted by Gasteiger charge is -2.00. The lowest BCUT2D eigenvalue weighted by molar-refractivity contribution is 0.627. The van der Waals surface area contributed by atoms with Crippen molar-refractivity contribution in [3.63, 3.8) is 0 Å². The second kappa shape index (κ2) is 4.05. The molecule has 0 amide bonds. The molecule has 69 valence electrons. The molecule has 0 aliphatic carbocycles. The molecule has 0 bridgehead atoms. The van der Waals surface area contributed by atoms with E-state index in [1.165, 1.54) is 17.7 Å². The summed E-state index contributed by atoms with van der Waals surface area (Å²) >= 11 is 0. The molecule has 1 radical (unpaired) electrons. The van der Waals surface area contributed by atoms with Crippen LogP contribution in [-0.4, -0.2) is 0 Å². The predicted octanol–water partition coefficient (Wildman–Crippen LogP) is 3.22. The Hall–Kier alpha value is -1.63. The summed E-state index contributed by atoms with van der Waals surface area (Å²) in [6.07, 6.45) is 0.842. The van der Waals surface area contributed by atoms with Crippen LogP contribution in [0.3, 0.4) is 0 Å². The third-order valence-electron chi connectivity index (χ3n) is 2.11. The largest absolute Gasteiger partial charge is 0.207 e. The van der Waals surface area contributed by atoms with Gasteiger partial charge in [-0.1, -0.05) is 36.4 Å². The molecule has 0 atom stereocenters. The Morgan fingerprint density at radius 3 is 2.07 bits per heavy atom. The van der Waals surface area contributed by atoms with E-state index >= 15 is 0 Å². The summed E-state index contributed by atoms with van der Waals surface area (Å²) in [6.45, 7) is 0. The first-order valence-electron chi connectivity index (χ1n) is 4.54. The van der Waals surface area contributed by atoms with Crippen LogP contribution >= 0.6 is 0 Å². The molecule has 0 N–H and O–H groups in total. The quantitative estimate of drug-likeness (QED) is 0.674. The van der Waals surface area contributed by atoms with E-state index in [0.717, 1.165) is 12.0 Å². The molecular formula is C13H10F. The Morgan fingerprint density at radius 1 is 0.857 bits per heavy atom. The van der Waals surface area contributed by atoms with Gasteiger partial charge >= 0.3 is 0 Å². The number of halogens is 1. The van der Waals surface area contributed by atoms with Crippen LogP contribution in [0.4, 0.5) is 4.39 Å². The van der Waals surface area contributed by atoms with Crippen molar-refractivity contribution in [1.29, 1.82) is 0 Å². The van der Waals surface area contributed by atoms with Crippen LogP contribution in [0, 0.1) is 11.9 Å². The molecule has 2 aromatic carbocycles. The van der Waals surface area contributed by atoms with Gasteiger partial charge in [-0.3, -0.25) is 0 Å². The van der Waals surface area contributed by atoms with Crippen LogP contribution in [0.25, 0.3) is 0 Å². The minimum absolute atomic E-state index is 0.185. The first kappa shape index (κ1) is 8.95. The molecule has 0 nitrogen and oxygen atoms in total. The number of benzene rings is 2. The van der Waals surface area contributed by atoms with Crippen LogP contribution in [0.1, 0.15) is 11.1 Å². The third kappa shape index (κ3) is 2.19. The van der Waals surface area contributed by atoms with E-state index in [1.54, 1.807) is 0 Å². The predicted molar refractivity (Wildman–Crippen MR) is 54.5 cm³/mol. The Kier molecular flexibility index (Phi) is 2.59. The van der Waals surface area contributed by atoms with Crippen LogP contribution in [0.2, 0.25) is 0 Å². The summed E-state index contributed by atoms with van der Waals surface area (Å²) in [5.74, 6) is -0.185. The average Bonchev–Trinajstić information content (AvgIpc) is 2.23. The molecule has 0 aliphatic heterocycles. The fourth-order valence-corrected chi connectivity index (χ4v) is 1.38. The van der Waals surface area contributed by atoms with E-state index in [-0.39, 0.29) is 5.82 Å². The van der Waals surface area contributed by atoms with Crippen molar-refractivity contribution in [2.75, 3.05) is 0 Å². The lowest BCUT2D eigenvalue weighted by atomic mass is 10.1. The first-order chi connectivity index (χ1) is 6.84. The standard InChI is InChI=1S/C13H10F/c14-13-8-6-12(7-9-13)10-11-4-2-1-3-5-11/h2-9H,10H2. The highest BCUT2D eigenvalue weighted by molar-refractivity contribution is 5.25. The van der Waals surface area contributed by atoms with E-state index in [0.29, 0.717) is 0 Å². The second-order valence-electron chi connectivity index (χ2n) is 3.21. The van der Waals surface area contributed by atoms with Gasteiger partial charge in [-0.15, -0.1) is 0 Å². The minimum atomic E-state index is -0.185. The molecule has 0 aromatic heterocycles. The van der Waals surface area contributed by atoms with E-state index in [2.05, 4.69) is 6.07 Å².